The summed E-state index contributed by atoms with van der Waals surface area (Å²) in [6.07, 6.45) is 3.47. The predicted octanol–water partition coefficient (Wildman–Crippen LogP) is 1.59. The first-order chi connectivity index (χ1) is 7.18. The molecule has 1 heterocycles. The van der Waals surface area contributed by atoms with Crippen LogP contribution in [0.25, 0.3) is 0 Å². The molecule has 0 bridgehead atoms. The van der Waals surface area contributed by atoms with Crippen molar-refractivity contribution in [2.45, 2.75) is 38.3 Å². The van der Waals surface area contributed by atoms with E-state index in [4.69, 9.17) is 5.73 Å². The Morgan fingerprint density at radius 1 is 1.73 bits per heavy atom. The summed E-state index contributed by atoms with van der Waals surface area (Å²) >= 11 is 1.81. The minimum Gasteiger partial charge on any atom is -0.368 e. The number of carbonyl (C=O) groups excluding carboxylic acids is 1. The lowest BCUT2D eigenvalue weighted by Crippen LogP contribution is -2.41. The van der Waals surface area contributed by atoms with Crippen LogP contribution in [-0.4, -0.2) is 11.9 Å². The number of nitrogens with one attached hydrogen (secondary N) is 1. The number of primary amides is 1. The van der Waals surface area contributed by atoms with Crippen LogP contribution in [0.3, 0.4) is 0 Å². The molecule has 1 aromatic rings. The van der Waals surface area contributed by atoms with Gasteiger partial charge < -0.3 is 5.73 Å². The molecule has 0 saturated carbocycles. The maximum atomic E-state index is 11.0. The van der Waals surface area contributed by atoms with E-state index in [-0.39, 0.29) is 11.9 Å². The van der Waals surface area contributed by atoms with E-state index < -0.39 is 0 Å². The second-order valence-electron chi connectivity index (χ2n) is 4.03. The second-order valence-corrected chi connectivity index (χ2v) is 5.04. The summed E-state index contributed by atoms with van der Waals surface area (Å²) in [6, 6.07) is 2.22. The van der Waals surface area contributed by atoms with Crippen molar-refractivity contribution >= 4 is 17.2 Å². The molecule has 1 aromatic heterocycles. The molecule has 0 spiro atoms. The Kier molecular flexibility index (Phi) is 3.07. The van der Waals surface area contributed by atoms with Gasteiger partial charge in [-0.05, 0) is 43.2 Å². The van der Waals surface area contributed by atoms with Gasteiger partial charge >= 0.3 is 0 Å². The van der Waals surface area contributed by atoms with Crippen LogP contribution in [0.2, 0.25) is 0 Å². The summed E-state index contributed by atoms with van der Waals surface area (Å²) in [6.45, 7) is 1.82. The van der Waals surface area contributed by atoms with Crippen molar-refractivity contribution in [3.05, 3.63) is 21.9 Å². The van der Waals surface area contributed by atoms with Gasteiger partial charge in [-0.15, -0.1) is 11.3 Å². The van der Waals surface area contributed by atoms with Crippen LogP contribution < -0.4 is 11.1 Å². The summed E-state index contributed by atoms with van der Waals surface area (Å²) in [4.78, 5) is 12.4. The fourth-order valence-electron chi connectivity index (χ4n) is 2.04. The minimum atomic E-state index is -0.280. The van der Waals surface area contributed by atoms with Crippen LogP contribution in [0.15, 0.2) is 11.4 Å². The zero-order valence-corrected chi connectivity index (χ0v) is 9.64. The number of rotatable bonds is 3. The van der Waals surface area contributed by atoms with Crippen LogP contribution in [0, 0.1) is 0 Å². The van der Waals surface area contributed by atoms with Gasteiger partial charge in [-0.3, -0.25) is 10.1 Å². The van der Waals surface area contributed by atoms with E-state index in [1.807, 2.05) is 18.3 Å². The predicted molar refractivity (Wildman–Crippen MR) is 61.8 cm³/mol. The van der Waals surface area contributed by atoms with E-state index in [9.17, 15) is 4.79 Å². The zero-order valence-electron chi connectivity index (χ0n) is 8.82. The Labute approximate surface area is 93.7 Å². The molecule has 3 nitrogen and oxygen atoms in total. The number of thiophene rings is 1. The van der Waals surface area contributed by atoms with Crippen molar-refractivity contribution in [2.75, 3.05) is 0 Å². The van der Waals surface area contributed by atoms with Gasteiger partial charge in [-0.2, -0.15) is 0 Å². The van der Waals surface area contributed by atoms with Gasteiger partial charge in [0.15, 0.2) is 0 Å². The van der Waals surface area contributed by atoms with Crippen LogP contribution in [0.1, 0.15) is 36.2 Å². The third-order valence-electron chi connectivity index (χ3n) is 2.93. The number of hydrogen-bond donors (Lipinski definition) is 2. The van der Waals surface area contributed by atoms with Gasteiger partial charge in [0.2, 0.25) is 5.91 Å². The van der Waals surface area contributed by atoms with Crippen molar-refractivity contribution in [1.82, 2.24) is 5.32 Å². The minimum absolute atomic E-state index is 0.249. The van der Waals surface area contributed by atoms with Crippen molar-refractivity contribution in [2.24, 2.45) is 5.73 Å². The highest BCUT2D eigenvalue weighted by atomic mass is 32.1. The molecule has 1 aliphatic rings. The number of fused-ring (bicyclic) bond motifs is 1. The molecule has 2 rings (SSSR count). The van der Waals surface area contributed by atoms with E-state index in [1.165, 1.54) is 23.3 Å². The van der Waals surface area contributed by atoms with Gasteiger partial charge in [-0.1, -0.05) is 0 Å². The molecule has 2 atom stereocenters. The highest BCUT2D eigenvalue weighted by Gasteiger charge is 2.23. The van der Waals surface area contributed by atoms with E-state index in [0.29, 0.717) is 6.04 Å². The number of carbonyl (C=O) groups is 1. The fraction of sp³-hybridized carbons (Fsp3) is 0.545. The molecule has 15 heavy (non-hydrogen) atoms. The molecule has 4 heteroatoms. The highest BCUT2D eigenvalue weighted by molar-refractivity contribution is 7.10. The smallest absolute Gasteiger partial charge is 0.234 e. The lowest BCUT2D eigenvalue weighted by molar-refractivity contribution is -0.119. The third kappa shape index (κ3) is 2.21. The maximum Gasteiger partial charge on any atom is 0.234 e. The molecule has 0 radical (unpaired) electrons. The van der Waals surface area contributed by atoms with E-state index >= 15 is 0 Å². The molecule has 1 aliphatic carbocycles. The van der Waals surface area contributed by atoms with E-state index in [2.05, 4.69) is 16.8 Å². The van der Waals surface area contributed by atoms with E-state index in [1.54, 1.807) is 0 Å². The summed E-state index contributed by atoms with van der Waals surface area (Å²) in [5.41, 5.74) is 6.61. The van der Waals surface area contributed by atoms with Gasteiger partial charge in [0, 0.05) is 10.9 Å². The molecule has 0 saturated heterocycles. The highest BCUT2D eigenvalue weighted by Crippen LogP contribution is 2.33. The zero-order chi connectivity index (χ0) is 10.8. The van der Waals surface area contributed by atoms with Crippen molar-refractivity contribution < 1.29 is 4.79 Å². The van der Waals surface area contributed by atoms with Gasteiger partial charge in [0.05, 0.1) is 6.04 Å². The number of hydrogen-bond acceptors (Lipinski definition) is 3. The third-order valence-corrected chi connectivity index (χ3v) is 3.93. The standard InChI is InChI=1S/C11H16N2OS/c1-7(11(12)14)13-9-3-2-4-10-8(9)5-6-15-10/h5-7,9,13H,2-4H2,1H3,(H2,12,14). The SMILES string of the molecule is CC(NC1CCCc2sccc21)C(N)=O. The Hall–Kier alpha value is -0.870. The first kappa shape index (κ1) is 10.6. The van der Waals surface area contributed by atoms with E-state index in [0.717, 1.165) is 6.42 Å². The van der Waals surface area contributed by atoms with Crippen LogP contribution in [-0.2, 0) is 11.2 Å². The van der Waals surface area contributed by atoms with Crippen LogP contribution in [0.4, 0.5) is 0 Å². The summed E-state index contributed by atoms with van der Waals surface area (Å²) < 4.78 is 0. The first-order valence-corrected chi connectivity index (χ1v) is 6.18. The summed E-state index contributed by atoms with van der Waals surface area (Å²) in [5, 5.41) is 5.42. The Morgan fingerprint density at radius 2 is 2.53 bits per heavy atom. The topological polar surface area (TPSA) is 55.1 Å². The van der Waals surface area contributed by atoms with Gasteiger partial charge in [0.1, 0.15) is 0 Å². The lowest BCUT2D eigenvalue weighted by Gasteiger charge is -2.25. The number of amides is 1. The molecule has 1 amide bonds. The second kappa shape index (κ2) is 4.33. The molecule has 2 unspecified atom stereocenters. The first-order valence-electron chi connectivity index (χ1n) is 5.30. The fourth-order valence-corrected chi connectivity index (χ4v) is 3.03. The van der Waals surface area contributed by atoms with Crippen molar-refractivity contribution in [1.29, 1.82) is 0 Å². The lowest BCUT2D eigenvalue weighted by atomic mass is 9.93. The summed E-state index contributed by atoms with van der Waals surface area (Å²) in [5.74, 6) is -0.280. The average Bonchev–Trinajstić information content (AvgIpc) is 2.66. The van der Waals surface area contributed by atoms with Crippen LogP contribution >= 0.6 is 11.3 Å². The van der Waals surface area contributed by atoms with Crippen molar-refractivity contribution in [3.8, 4) is 0 Å². The van der Waals surface area contributed by atoms with Crippen LogP contribution in [0.5, 0.6) is 0 Å². The Morgan fingerprint density at radius 3 is 3.27 bits per heavy atom. The molecular weight excluding hydrogens is 208 g/mol. The summed E-state index contributed by atoms with van der Waals surface area (Å²) in [7, 11) is 0. The Bertz CT molecular complexity index is 361. The largest absolute Gasteiger partial charge is 0.368 e. The number of nitrogens with two attached hydrogens (primary N) is 1. The van der Waals surface area contributed by atoms with Gasteiger partial charge in [-0.25, -0.2) is 0 Å². The van der Waals surface area contributed by atoms with Crippen molar-refractivity contribution in [3.63, 3.8) is 0 Å². The normalized spacial score (nSPS) is 22.1. The maximum absolute atomic E-state index is 11.0. The van der Waals surface area contributed by atoms with Gasteiger partial charge in [0.25, 0.3) is 0 Å². The monoisotopic (exact) mass is 224 g/mol. The molecular formula is C11H16N2OS. The molecule has 0 aromatic carbocycles. The average molecular weight is 224 g/mol. The molecule has 3 N–H and O–H groups in total. The Balaban J connectivity index is 2.09. The molecule has 82 valence electrons. The molecule has 0 aliphatic heterocycles. The quantitative estimate of drug-likeness (QED) is 0.819. The number of aryl methyl sites for hydroxylation is 1. The molecule has 0 fully saturated rings.